The van der Waals surface area contributed by atoms with Crippen LogP contribution >= 0.6 is 12.2 Å². The maximum atomic E-state index is 5.49. The molecule has 0 aromatic heterocycles. The van der Waals surface area contributed by atoms with Crippen LogP contribution in [0.4, 0.5) is 11.4 Å². The fraction of sp³-hybridized carbons (Fsp3) is 0.278. The van der Waals surface area contributed by atoms with Gasteiger partial charge in [-0.15, -0.1) is 0 Å². The Hall–Kier alpha value is -2.11. The molecule has 0 unspecified atom stereocenters. The topological polar surface area (TPSA) is 44.5 Å². The van der Waals surface area contributed by atoms with E-state index in [4.69, 9.17) is 18.0 Å². The number of nitrogens with zero attached hydrogens (tertiary/aromatic N) is 2. The second kappa shape index (κ2) is 7.44. The van der Waals surface area contributed by atoms with Crippen LogP contribution in [0.1, 0.15) is 5.56 Å². The molecule has 4 nitrogen and oxygen atoms in total. The molecule has 0 atom stereocenters. The van der Waals surface area contributed by atoms with Crippen LogP contribution in [0.3, 0.4) is 0 Å². The molecule has 2 aromatic carbocycles. The number of nitrogens with one attached hydrogen (secondary N) is 1. The van der Waals surface area contributed by atoms with Crippen molar-refractivity contribution in [1.82, 2.24) is 4.90 Å². The molecule has 0 bridgehead atoms. The molecule has 120 valence electrons. The molecule has 3 rings (SSSR count). The van der Waals surface area contributed by atoms with Gasteiger partial charge < -0.3 is 16.0 Å². The first-order valence-corrected chi connectivity index (χ1v) is 8.29. The lowest BCUT2D eigenvalue weighted by atomic mass is 10.2. The number of thiocarbonyl (C=S) groups is 1. The molecular weight excluding hydrogens is 304 g/mol. The average molecular weight is 326 g/mol. The first-order valence-electron chi connectivity index (χ1n) is 7.88. The summed E-state index contributed by atoms with van der Waals surface area (Å²) in [6.45, 7) is 5.30. The molecule has 1 aliphatic rings. The molecule has 0 amide bonds. The van der Waals surface area contributed by atoms with Crippen LogP contribution in [0.5, 0.6) is 0 Å². The van der Waals surface area contributed by atoms with E-state index in [1.54, 1.807) is 0 Å². The van der Waals surface area contributed by atoms with E-state index in [1.165, 1.54) is 11.3 Å². The molecule has 0 aliphatic carbocycles. The van der Waals surface area contributed by atoms with Gasteiger partial charge in [0.05, 0.1) is 0 Å². The fourth-order valence-corrected chi connectivity index (χ4v) is 3.02. The number of nitrogens with two attached hydrogens (primary N) is 1. The van der Waals surface area contributed by atoms with Crippen molar-refractivity contribution in [1.29, 1.82) is 0 Å². The standard InChI is InChI=1S/C18H22N4S/c19-18(23)20-16-6-8-17(9-7-16)22-12-10-21(11-13-22)14-15-4-2-1-3-5-15/h1-9H,10-14H2,(H3,19,20,23). The van der Waals surface area contributed by atoms with Gasteiger partial charge in [-0.05, 0) is 42.0 Å². The van der Waals surface area contributed by atoms with E-state index in [-0.39, 0.29) is 0 Å². The van der Waals surface area contributed by atoms with Crippen molar-refractivity contribution in [2.75, 3.05) is 36.4 Å². The minimum atomic E-state index is 0.298. The van der Waals surface area contributed by atoms with Gasteiger partial charge in [-0.3, -0.25) is 4.90 Å². The van der Waals surface area contributed by atoms with Gasteiger partial charge in [0.2, 0.25) is 0 Å². The Morgan fingerprint density at radius 3 is 2.22 bits per heavy atom. The van der Waals surface area contributed by atoms with Gasteiger partial charge in [-0.2, -0.15) is 0 Å². The van der Waals surface area contributed by atoms with Crippen LogP contribution in [0.2, 0.25) is 0 Å². The summed E-state index contributed by atoms with van der Waals surface area (Å²) in [4.78, 5) is 4.93. The number of piperazine rings is 1. The summed E-state index contributed by atoms with van der Waals surface area (Å²) < 4.78 is 0. The van der Waals surface area contributed by atoms with Crippen LogP contribution in [0.15, 0.2) is 54.6 Å². The molecule has 0 radical (unpaired) electrons. The zero-order valence-electron chi connectivity index (χ0n) is 13.1. The lowest BCUT2D eigenvalue weighted by Crippen LogP contribution is -2.45. The summed E-state index contributed by atoms with van der Waals surface area (Å²) in [5, 5.41) is 3.25. The molecule has 2 aromatic rings. The Kier molecular flexibility index (Phi) is 5.10. The highest BCUT2D eigenvalue weighted by atomic mass is 32.1. The van der Waals surface area contributed by atoms with E-state index in [9.17, 15) is 0 Å². The second-order valence-electron chi connectivity index (χ2n) is 5.78. The van der Waals surface area contributed by atoms with Gasteiger partial charge in [0.15, 0.2) is 5.11 Å². The normalized spacial score (nSPS) is 15.4. The summed E-state index contributed by atoms with van der Waals surface area (Å²) in [5.41, 5.74) is 9.05. The highest BCUT2D eigenvalue weighted by Gasteiger charge is 2.17. The minimum Gasteiger partial charge on any atom is -0.376 e. The third-order valence-electron chi connectivity index (χ3n) is 4.12. The molecule has 23 heavy (non-hydrogen) atoms. The van der Waals surface area contributed by atoms with Crippen LogP contribution < -0.4 is 16.0 Å². The van der Waals surface area contributed by atoms with E-state index in [2.05, 4.69) is 57.6 Å². The zero-order chi connectivity index (χ0) is 16.1. The zero-order valence-corrected chi connectivity index (χ0v) is 13.9. The third-order valence-corrected chi connectivity index (χ3v) is 4.22. The predicted molar refractivity (Wildman–Crippen MR) is 101 cm³/mol. The number of rotatable bonds is 4. The van der Waals surface area contributed by atoms with Crippen molar-refractivity contribution in [2.24, 2.45) is 5.73 Å². The van der Waals surface area contributed by atoms with Crippen LogP contribution in [0.25, 0.3) is 0 Å². The fourth-order valence-electron chi connectivity index (χ4n) is 2.90. The highest BCUT2D eigenvalue weighted by molar-refractivity contribution is 7.80. The summed E-state index contributed by atoms with van der Waals surface area (Å²) in [6.07, 6.45) is 0. The summed E-state index contributed by atoms with van der Waals surface area (Å²) in [5.74, 6) is 0. The van der Waals surface area contributed by atoms with E-state index in [1.807, 2.05) is 12.1 Å². The van der Waals surface area contributed by atoms with E-state index in [0.717, 1.165) is 38.4 Å². The minimum absolute atomic E-state index is 0.298. The Morgan fingerprint density at radius 1 is 0.957 bits per heavy atom. The maximum absolute atomic E-state index is 5.49. The van der Waals surface area contributed by atoms with Crippen molar-refractivity contribution in [3.8, 4) is 0 Å². The molecule has 0 spiro atoms. The SMILES string of the molecule is NC(=S)Nc1ccc(N2CCN(Cc3ccccc3)CC2)cc1. The highest BCUT2D eigenvalue weighted by Crippen LogP contribution is 2.20. The van der Waals surface area contributed by atoms with Crippen molar-refractivity contribution in [3.63, 3.8) is 0 Å². The Labute approximate surface area is 142 Å². The summed E-state index contributed by atoms with van der Waals surface area (Å²) in [7, 11) is 0. The van der Waals surface area contributed by atoms with E-state index >= 15 is 0 Å². The molecule has 3 N–H and O–H groups in total. The third kappa shape index (κ3) is 4.43. The maximum Gasteiger partial charge on any atom is 0.168 e. The van der Waals surface area contributed by atoms with E-state index in [0.29, 0.717) is 5.11 Å². The smallest absolute Gasteiger partial charge is 0.168 e. The lowest BCUT2D eigenvalue weighted by Gasteiger charge is -2.36. The molecule has 5 heteroatoms. The van der Waals surface area contributed by atoms with Crippen LogP contribution in [-0.2, 0) is 6.54 Å². The number of hydrogen-bond donors (Lipinski definition) is 2. The van der Waals surface area contributed by atoms with Crippen molar-refractivity contribution < 1.29 is 0 Å². The monoisotopic (exact) mass is 326 g/mol. The Balaban J connectivity index is 1.53. The molecule has 0 saturated carbocycles. The van der Waals surface area contributed by atoms with Gasteiger partial charge >= 0.3 is 0 Å². The predicted octanol–water partition coefficient (Wildman–Crippen LogP) is 2.66. The molecular formula is C18H22N4S. The average Bonchev–Trinajstić information content (AvgIpc) is 2.57. The van der Waals surface area contributed by atoms with Gasteiger partial charge in [-0.1, -0.05) is 30.3 Å². The van der Waals surface area contributed by atoms with Gasteiger partial charge in [0.1, 0.15) is 0 Å². The molecule has 1 fully saturated rings. The van der Waals surface area contributed by atoms with Gasteiger partial charge in [-0.25, -0.2) is 0 Å². The van der Waals surface area contributed by atoms with Crippen molar-refractivity contribution >= 4 is 28.7 Å². The van der Waals surface area contributed by atoms with Crippen LogP contribution in [-0.4, -0.2) is 36.2 Å². The molecule has 1 aliphatic heterocycles. The lowest BCUT2D eigenvalue weighted by molar-refractivity contribution is 0.250. The quantitative estimate of drug-likeness (QED) is 0.846. The number of benzene rings is 2. The number of anilines is 2. The first-order chi connectivity index (χ1) is 11.2. The summed E-state index contributed by atoms with van der Waals surface area (Å²) >= 11 is 4.85. The van der Waals surface area contributed by atoms with Crippen molar-refractivity contribution in [3.05, 3.63) is 60.2 Å². The Morgan fingerprint density at radius 2 is 1.61 bits per heavy atom. The van der Waals surface area contributed by atoms with Crippen molar-refractivity contribution in [2.45, 2.75) is 6.54 Å². The van der Waals surface area contributed by atoms with Gasteiger partial charge in [0, 0.05) is 44.1 Å². The first kappa shape index (κ1) is 15.8. The van der Waals surface area contributed by atoms with Gasteiger partial charge in [0.25, 0.3) is 0 Å². The molecule has 1 saturated heterocycles. The largest absolute Gasteiger partial charge is 0.376 e. The van der Waals surface area contributed by atoms with Crippen LogP contribution in [0, 0.1) is 0 Å². The van der Waals surface area contributed by atoms with E-state index < -0.39 is 0 Å². The molecule has 1 heterocycles. The second-order valence-corrected chi connectivity index (χ2v) is 6.22. The summed E-state index contributed by atoms with van der Waals surface area (Å²) in [6, 6.07) is 18.9. The Bertz CT molecular complexity index is 634. The number of hydrogen-bond acceptors (Lipinski definition) is 3.